The van der Waals surface area contributed by atoms with Crippen LogP contribution in [0.4, 0.5) is 5.69 Å². The molecular formula is C14H14N4. The minimum atomic E-state index is 0.760. The average molecular weight is 238 g/mol. The molecule has 0 aliphatic carbocycles. The monoisotopic (exact) mass is 238 g/mol. The van der Waals surface area contributed by atoms with Gasteiger partial charge in [-0.25, -0.2) is 9.97 Å². The van der Waals surface area contributed by atoms with Crippen LogP contribution in [0.25, 0.3) is 22.6 Å². The highest BCUT2D eigenvalue weighted by Gasteiger charge is 2.09. The van der Waals surface area contributed by atoms with E-state index in [0.717, 1.165) is 33.9 Å². The molecule has 0 radical (unpaired) electrons. The fourth-order valence-corrected chi connectivity index (χ4v) is 2.02. The number of benzene rings is 1. The van der Waals surface area contributed by atoms with Gasteiger partial charge in [-0.05, 0) is 31.2 Å². The molecule has 0 atom stereocenters. The number of hydrogen-bond donors (Lipinski definition) is 2. The van der Waals surface area contributed by atoms with Crippen molar-refractivity contribution in [1.29, 1.82) is 0 Å². The number of fused-ring (bicyclic) bond motifs is 1. The summed E-state index contributed by atoms with van der Waals surface area (Å²) in [6.07, 6.45) is 0. The Labute approximate surface area is 105 Å². The zero-order valence-corrected chi connectivity index (χ0v) is 10.4. The molecule has 2 aromatic heterocycles. The van der Waals surface area contributed by atoms with Crippen LogP contribution in [0.15, 0.2) is 36.4 Å². The van der Waals surface area contributed by atoms with E-state index in [1.54, 1.807) is 0 Å². The third-order valence-corrected chi connectivity index (χ3v) is 2.94. The summed E-state index contributed by atoms with van der Waals surface area (Å²) in [6, 6.07) is 12.1. The summed E-state index contributed by atoms with van der Waals surface area (Å²) < 4.78 is 0. The fourth-order valence-electron chi connectivity index (χ4n) is 2.02. The summed E-state index contributed by atoms with van der Waals surface area (Å²) in [6.45, 7) is 1.97. The Bertz CT molecular complexity index is 700. The predicted octanol–water partition coefficient (Wildman–Crippen LogP) is 2.98. The summed E-state index contributed by atoms with van der Waals surface area (Å²) in [5, 5.41) is 3.17. The Morgan fingerprint density at radius 2 is 1.89 bits per heavy atom. The summed E-state index contributed by atoms with van der Waals surface area (Å²) >= 11 is 0. The number of aromatic nitrogens is 3. The first kappa shape index (κ1) is 10.8. The predicted molar refractivity (Wildman–Crippen MR) is 73.6 cm³/mol. The average Bonchev–Trinajstić information content (AvgIpc) is 2.81. The van der Waals surface area contributed by atoms with Crippen molar-refractivity contribution in [1.82, 2.24) is 15.0 Å². The standard InChI is InChI=1S/C14H14N4/c1-9-7-8-12-14(16-9)18-13(17-12)10-5-3-4-6-11(10)15-2/h3-8,15H,1-2H3,(H,16,17,18). The zero-order chi connectivity index (χ0) is 12.5. The molecule has 3 aromatic rings. The van der Waals surface area contributed by atoms with Crippen LogP contribution in [0, 0.1) is 6.92 Å². The Kier molecular flexibility index (Phi) is 2.48. The summed E-state index contributed by atoms with van der Waals surface area (Å²) in [5.74, 6) is 0.841. The smallest absolute Gasteiger partial charge is 0.178 e. The lowest BCUT2D eigenvalue weighted by Gasteiger charge is -2.05. The lowest BCUT2D eigenvalue weighted by molar-refractivity contribution is 1.22. The molecule has 0 aliphatic rings. The molecule has 3 rings (SSSR count). The lowest BCUT2D eigenvalue weighted by Crippen LogP contribution is -1.92. The third-order valence-electron chi connectivity index (χ3n) is 2.94. The van der Waals surface area contributed by atoms with E-state index in [2.05, 4.69) is 20.3 Å². The molecular weight excluding hydrogens is 224 g/mol. The van der Waals surface area contributed by atoms with Crippen LogP contribution in [0.3, 0.4) is 0 Å². The Balaban J connectivity index is 2.19. The van der Waals surface area contributed by atoms with Crippen LogP contribution in [0.2, 0.25) is 0 Å². The maximum absolute atomic E-state index is 4.55. The maximum atomic E-state index is 4.55. The number of H-pyrrole nitrogens is 1. The molecule has 90 valence electrons. The van der Waals surface area contributed by atoms with E-state index in [1.165, 1.54) is 0 Å². The van der Waals surface area contributed by atoms with E-state index in [4.69, 9.17) is 0 Å². The number of rotatable bonds is 2. The van der Waals surface area contributed by atoms with Crippen molar-refractivity contribution in [2.75, 3.05) is 12.4 Å². The van der Waals surface area contributed by atoms with Crippen LogP contribution in [0.1, 0.15) is 5.69 Å². The van der Waals surface area contributed by atoms with Gasteiger partial charge in [-0.2, -0.15) is 0 Å². The number of imidazole rings is 1. The van der Waals surface area contributed by atoms with Gasteiger partial charge in [0.15, 0.2) is 5.65 Å². The summed E-state index contributed by atoms with van der Waals surface area (Å²) in [5.41, 5.74) is 4.80. The minimum absolute atomic E-state index is 0.760. The first-order valence-electron chi connectivity index (χ1n) is 5.88. The Morgan fingerprint density at radius 1 is 1.06 bits per heavy atom. The van der Waals surface area contributed by atoms with Crippen molar-refractivity contribution >= 4 is 16.9 Å². The van der Waals surface area contributed by atoms with E-state index in [0.29, 0.717) is 0 Å². The molecule has 0 saturated carbocycles. The van der Waals surface area contributed by atoms with Gasteiger partial charge in [-0.1, -0.05) is 12.1 Å². The fraction of sp³-hybridized carbons (Fsp3) is 0.143. The van der Waals surface area contributed by atoms with Gasteiger partial charge in [0.05, 0.1) is 5.52 Å². The van der Waals surface area contributed by atoms with E-state index in [-0.39, 0.29) is 0 Å². The van der Waals surface area contributed by atoms with Gasteiger partial charge in [-0.15, -0.1) is 0 Å². The minimum Gasteiger partial charge on any atom is -0.388 e. The second-order valence-corrected chi connectivity index (χ2v) is 4.20. The maximum Gasteiger partial charge on any atom is 0.178 e. The highest BCUT2D eigenvalue weighted by atomic mass is 15.0. The number of hydrogen-bond acceptors (Lipinski definition) is 3. The molecule has 0 aliphatic heterocycles. The van der Waals surface area contributed by atoms with Gasteiger partial charge in [-0.3, -0.25) is 0 Å². The largest absolute Gasteiger partial charge is 0.388 e. The molecule has 0 bridgehead atoms. The van der Waals surface area contributed by atoms with Crippen molar-refractivity contribution in [2.45, 2.75) is 6.92 Å². The van der Waals surface area contributed by atoms with E-state index in [9.17, 15) is 0 Å². The van der Waals surface area contributed by atoms with Crippen LogP contribution < -0.4 is 5.32 Å². The molecule has 2 heterocycles. The van der Waals surface area contributed by atoms with E-state index >= 15 is 0 Å². The van der Waals surface area contributed by atoms with E-state index in [1.807, 2.05) is 50.4 Å². The van der Waals surface area contributed by atoms with Crippen molar-refractivity contribution in [2.24, 2.45) is 0 Å². The molecule has 0 fully saturated rings. The Morgan fingerprint density at radius 3 is 2.72 bits per heavy atom. The summed E-state index contributed by atoms with van der Waals surface area (Å²) in [4.78, 5) is 12.3. The second kappa shape index (κ2) is 4.14. The lowest BCUT2D eigenvalue weighted by atomic mass is 10.1. The van der Waals surface area contributed by atoms with Crippen molar-refractivity contribution < 1.29 is 0 Å². The molecule has 2 N–H and O–H groups in total. The van der Waals surface area contributed by atoms with Gasteiger partial charge in [0.25, 0.3) is 0 Å². The third kappa shape index (κ3) is 1.72. The number of aromatic amines is 1. The molecule has 0 spiro atoms. The SMILES string of the molecule is CNc1ccccc1-c1nc2nc(C)ccc2[nH]1. The van der Waals surface area contributed by atoms with Crippen molar-refractivity contribution in [3.63, 3.8) is 0 Å². The first-order valence-corrected chi connectivity index (χ1v) is 5.88. The number of nitrogens with one attached hydrogen (secondary N) is 2. The quantitative estimate of drug-likeness (QED) is 0.721. The summed E-state index contributed by atoms with van der Waals surface area (Å²) in [7, 11) is 1.91. The number of pyridine rings is 1. The Hall–Kier alpha value is -2.36. The number of anilines is 1. The molecule has 1 aromatic carbocycles. The van der Waals surface area contributed by atoms with Crippen LogP contribution in [-0.2, 0) is 0 Å². The molecule has 18 heavy (non-hydrogen) atoms. The van der Waals surface area contributed by atoms with Gasteiger partial charge < -0.3 is 10.3 Å². The second-order valence-electron chi connectivity index (χ2n) is 4.20. The van der Waals surface area contributed by atoms with Crippen molar-refractivity contribution in [3.8, 4) is 11.4 Å². The first-order chi connectivity index (χ1) is 8.78. The van der Waals surface area contributed by atoms with Crippen molar-refractivity contribution in [3.05, 3.63) is 42.1 Å². The number of para-hydroxylation sites is 1. The van der Waals surface area contributed by atoms with Gasteiger partial charge in [0.1, 0.15) is 5.82 Å². The van der Waals surface area contributed by atoms with Gasteiger partial charge in [0, 0.05) is 24.0 Å². The topological polar surface area (TPSA) is 53.6 Å². The highest BCUT2D eigenvalue weighted by molar-refractivity contribution is 5.80. The van der Waals surface area contributed by atoms with Gasteiger partial charge >= 0.3 is 0 Å². The van der Waals surface area contributed by atoms with Crippen LogP contribution in [0.5, 0.6) is 0 Å². The molecule has 4 heteroatoms. The molecule has 0 saturated heterocycles. The molecule has 0 amide bonds. The molecule has 0 unspecified atom stereocenters. The highest BCUT2D eigenvalue weighted by Crippen LogP contribution is 2.26. The number of aryl methyl sites for hydroxylation is 1. The zero-order valence-electron chi connectivity index (χ0n) is 10.4. The van der Waals surface area contributed by atoms with Crippen LogP contribution >= 0.6 is 0 Å². The van der Waals surface area contributed by atoms with E-state index < -0.39 is 0 Å². The van der Waals surface area contributed by atoms with Crippen LogP contribution in [-0.4, -0.2) is 22.0 Å². The van der Waals surface area contributed by atoms with Gasteiger partial charge in [0.2, 0.25) is 0 Å². The normalized spacial score (nSPS) is 10.8. The molecule has 4 nitrogen and oxygen atoms in total. The number of nitrogens with zero attached hydrogens (tertiary/aromatic N) is 2.